The third kappa shape index (κ3) is 2.66. The van der Waals surface area contributed by atoms with Crippen molar-refractivity contribution in [3.05, 3.63) is 39.4 Å². The smallest absolute Gasteiger partial charge is 0.135 e. The topological polar surface area (TPSA) is 51.8 Å². The van der Waals surface area contributed by atoms with Gasteiger partial charge in [-0.3, -0.25) is 0 Å². The maximum atomic E-state index is 6.21. The molecule has 0 radical (unpaired) electrons. The molecule has 1 saturated carbocycles. The van der Waals surface area contributed by atoms with Crippen molar-refractivity contribution in [2.45, 2.75) is 38.5 Å². The predicted octanol–water partition coefficient (Wildman–Crippen LogP) is 4.30. The van der Waals surface area contributed by atoms with Crippen LogP contribution >= 0.6 is 22.6 Å². The number of nitrogens with two attached hydrogens (primary N) is 1. The van der Waals surface area contributed by atoms with Crippen LogP contribution in [-0.4, -0.2) is 9.97 Å². The van der Waals surface area contributed by atoms with Gasteiger partial charge in [-0.15, -0.1) is 0 Å². The SMILES string of the molecule is Cc1nc(N)c(-c2ccc(I)cc2)c(C2CCCC2)n1. The number of hydrogen-bond donors (Lipinski definition) is 1. The molecule has 1 aromatic heterocycles. The fraction of sp³-hybridized carbons (Fsp3) is 0.375. The van der Waals surface area contributed by atoms with Crippen molar-refractivity contribution in [3.8, 4) is 11.1 Å². The first-order valence-electron chi connectivity index (χ1n) is 7.05. The first kappa shape index (κ1) is 13.8. The average molecular weight is 379 g/mol. The van der Waals surface area contributed by atoms with Gasteiger partial charge in [-0.1, -0.05) is 25.0 Å². The molecule has 0 spiro atoms. The number of nitrogen functional groups attached to an aromatic ring is 1. The fourth-order valence-corrected chi connectivity index (χ4v) is 3.38. The lowest BCUT2D eigenvalue weighted by Gasteiger charge is -2.17. The molecule has 4 heteroatoms. The van der Waals surface area contributed by atoms with Gasteiger partial charge in [-0.25, -0.2) is 9.97 Å². The molecule has 1 aliphatic rings. The Morgan fingerprint density at radius 3 is 2.40 bits per heavy atom. The van der Waals surface area contributed by atoms with Gasteiger partial charge in [-0.05, 0) is 60.1 Å². The fourth-order valence-electron chi connectivity index (χ4n) is 3.02. The number of aromatic nitrogens is 2. The summed E-state index contributed by atoms with van der Waals surface area (Å²) in [5.41, 5.74) is 9.52. The van der Waals surface area contributed by atoms with Crippen molar-refractivity contribution in [2.24, 2.45) is 0 Å². The van der Waals surface area contributed by atoms with Crippen LogP contribution in [0.2, 0.25) is 0 Å². The van der Waals surface area contributed by atoms with Crippen molar-refractivity contribution in [3.63, 3.8) is 0 Å². The van der Waals surface area contributed by atoms with E-state index in [9.17, 15) is 0 Å². The average Bonchev–Trinajstić information content (AvgIpc) is 2.93. The van der Waals surface area contributed by atoms with E-state index in [1.807, 2.05) is 6.92 Å². The molecule has 0 atom stereocenters. The Morgan fingerprint density at radius 1 is 1.10 bits per heavy atom. The molecule has 0 saturated heterocycles. The van der Waals surface area contributed by atoms with Gasteiger partial charge in [0.15, 0.2) is 0 Å². The maximum Gasteiger partial charge on any atom is 0.135 e. The highest BCUT2D eigenvalue weighted by Crippen LogP contribution is 2.40. The summed E-state index contributed by atoms with van der Waals surface area (Å²) in [5, 5.41) is 0. The number of halogens is 1. The van der Waals surface area contributed by atoms with Gasteiger partial charge in [-0.2, -0.15) is 0 Å². The third-order valence-corrected chi connectivity index (χ3v) is 4.67. The Balaban J connectivity index is 2.14. The van der Waals surface area contributed by atoms with Crippen molar-refractivity contribution < 1.29 is 0 Å². The van der Waals surface area contributed by atoms with Gasteiger partial charge in [0.05, 0.1) is 5.69 Å². The molecule has 1 aliphatic carbocycles. The molecule has 3 rings (SSSR count). The van der Waals surface area contributed by atoms with Crippen molar-refractivity contribution in [1.29, 1.82) is 0 Å². The van der Waals surface area contributed by atoms with E-state index in [-0.39, 0.29) is 0 Å². The molecule has 0 bridgehead atoms. The van der Waals surface area contributed by atoms with E-state index in [1.165, 1.54) is 29.3 Å². The highest BCUT2D eigenvalue weighted by atomic mass is 127. The molecule has 0 unspecified atom stereocenters. The number of hydrogen-bond acceptors (Lipinski definition) is 3. The van der Waals surface area contributed by atoms with E-state index in [1.54, 1.807) is 0 Å². The summed E-state index contributed by atoms with van der Waals surface area (Å²) in [7, 11) is 0. The third-order valence-electron chi connectivity index (χ3n) is 3.95. The number of aryl methyl sites for hydroxylation is 1. The van der Waals surface area contributed by atoms with E-state index in [0.29, 0.717) is 11.7 Å². The zero-order chi connectivity index (χ0) is 14.1. The Hall–Kier alpha value is -1.17. The normalized spacial score (nSPS) is 15.7. The number of nitrogens with zero attached hydrogens (tertiary/aromatic N) is 2. The molecule has 20 heavy (non-hydrogen) atoms. The molecule has 3 nitrogen and oxygen atoms in total. The summed E-state index contributed by atoms with van der Waals surface area (Å²) in [5.74, 6) is 1.92. The van der Waals surface area contributed by atoms with Gasteiger partial charge in [0.2, 0.25) is 0 Å². The molecule has 104 valence electrons. The highest BCUT2D eigenvalue weighted by molar-refractivity contribution is 14.1. The second-order valence-corrected chi connectivity index (χ2v) is 6.65. The van der Waals surface area contributed by atoms with Crippen molar-refractivity contribution in [2.75, 3.05) is 5.73 Å². The quantitative estimate of drug-likeness (QED) is 0.792. The van der Waals surface area contributed by atoms with Gasteiger partial charge < -0.3 is 5.73 Å². The summed E-state index contributed by atoms with van der Waals surface area (Å²) in [4.78, 5) is 9.09. The van der Waals surface area contributed by atoms with Crippen LogP contribution in [0.3, 0.4) is 0 Å². The van der Waals surface area contributed by atoms with E-state index in [4.69, 9.17) is 10.7 Å². The largest absolute Gasteiger partial charge is 0.383 e. The summed E-state index contributed by atoms with van der Waals surface area (Å²) in [6.07, 6.45) is 5.01. The zero-order valence-electron chi connectivity index (χ0n) is 11.6. The van der Waals surface area contributed by atoms with Crippen LogP contribution in [-0.2, 0) is 0 Å². The Labute approximate surface area is 133 Å². The van der Waals surface area contributed by atoms with Crippen LogP contribution in [0.4, 0.5) is 5.82 Å². The minimum atomic E-state index is 0.535. The zero-order valence-corrected chi connectivity index (χ0v) is 13.7. The summed E-state index contributed by atoms with van der Waals surface area (Å²) in [6.45, 7) is 1.92. The van der Waals surface area contributed by atoms with Crippen LogP contribution in [0, 0.1) is 10.5 Å². The van der Waals surface area contributed by atoms with Crippen LogP contribution in [0.5, 0.6) is 0 Å². The van der Waals surface area contributed by atoms with Crippen LogP contribution < -0.4 is 5.73 Å². The lowest BCUT2D eigenvalue weighted by atomic mass is 9.94. The lowest BCUT2D eigenvalue weighted by Crippen LogP contribution is -2.07. The Morgan fingerprint density at radius 2 is 1.75 bits per heavy atom. The monoisotopic (exact) mass is 379 g/mol. The summed E-state index contributed by atoms with van der Waals surface area (Å²) < 4.78 is 1.22. The molecule has 1 heterocycles. The Kier molecular flexibility index (Phi) is 3.92. The van der Waals surface area contributed by atoms with Crippen LogP contribution in [0.25, 0.3) is 11.1 Å². The molecule has 1 fully saturated rings. The molecule has 0 amide bonds. The van der Waals surface area contributed by atoms with Crippen molar-refractivity contribution >= 4 is 28.4 Å². The molecule has 2 aromatic rings. The number of anilines is 1. The minimum absolute atomic E-state index is 0.535. The Bertz CT molecular complexity index is 616. The standard InChI is InChI=1S/C16H18IN3/c1-10-19-15(12-4-2-3-5-12)14(16(18)20-10)11-6-8-13(17)9-7-11/h6-9,12H,2-5H2,1H3,(H2,18,19,20). The second-order valence-electron chi connectivity index (χ2n) is 5.40. The van der Waals surface area contributed by atoms with E-state index >= 15 is 0 Å². The summed E-state index contributed by atoms with van der Waals surface area (Å²) in [6, 6.07) is 8.44. The predicted molar refractivity (Wildman–Crippen MR) is 90.5 cm³/mol. The van der Waals surface area contributed by atoms with Gasteiger partial charge in [0.1, 0.15) is 11.6 Å². The molecule has 0 aliphatic heterocycles. The highest BCUT2D eigenvalue weighted by Gasteiger charge is 2.24. The molecule has 2 N–H and O–H groups in total. The first-order chi connectivity index (χ1) is 9.65. The maximum absolute atomic E-state index is 6.21. The second kappa shape index (κ2) is 5.68. The lowest BCUT2D eigenvalue weighted by molar-refractivity contribution is 0.692. The molecular weight excluding hydrogens is 361 g/mol. The summed E-state index contributed by atoms with van der Waals surface area (Å²) >= 11 is 2.31. The van der Waals surface area contributed by atoms with Crippen LogP contribution in [0.15, 0.2) is 24.3 Å². The van der Waals surface area contributed by atoms with E-state index in [2.05, 4.69) is 51.8 Å². The molecular formula is C16H18IN3. The van der Waals surface area contributed by atoms with Gasteiger partial charge in [0.25, 0.3) is 0 Å². The van der Waals surface area contributed by atoms with E-state index < -0.39 is 0 Å². The van der Waals surface area contributed by atoms with E-state index in [0.717, 1.165) is 22.6 Å². The van der Waals surface area contributed by atoms with Gasteiger partial charge >= 0.3 is 0 Å². The van der Waals surface area contributed by atoms with Gasteiger partial charge in [0, 0.05) is 15.1 Å². The minimum Gasteiger partial charge on any atom is -0.383 e. The number of benzene rings is 1. The first-order valence-corrected chi connectivity index (χ1v) is 8.13. The molecule has 1 aromatic carbocycles. The van der Waals surface area contributed by atoms with Crippen molar-refractivity contribution in [1.82, 2.24) is 9.97 Å². The van der Waals surface area contributed by atoms with Crippen LogP contribution in [0.1, 0.15) is 43.1 Å². The number of rotatable bonds is 2.